The van der Waals surface area contributed by atoms with Gasteiger partial charge in [0.2, 0.25) is 0 Å². The topological polar surface area (TPSA) is 24.7 Å². The van der Waals surface area contributed by atoms with Crippen molar-refractivity contribution in [1.82, 2.24) is 0 Å². The average Bonchev–Trinajstić information content (AvgIpc) is 2.58. The number of hydrogen-bond acceptors (Lipinski definition) is 2. The van der Waals surface area contributed by atoms with Crippen molar-refractivity contribution in [2.24, 2.45) is 9.98 Å². The van der Waals surface area contributed by atoms with Gasteiger partial charge < -0.3 is 0 Å². The van der Waals surface area contributed by atoms with Crippen LogP contribution in [-0.2, 0) is 0 Å². The van der Waals surface area contributed by atoms with E-state index in [0.717, 1.165) is 10.6 Å². The molecular weight excluding hydrogens is 172 g/mol. The largest absolute Gasteiger partial charge is 0.260 e. The summed E-state index contributed by atoms with van der Waals surface area (Å²) in [6, 6.07) is 7.57. The van der Waals surface area contributed by atoms with Crippen LogP contribution in [0.1, 0.15) is 11.7 Å². The molecule has 0 atom stereocenters. The number of rotatable bonds is 1. The Balaban J connectivity index is 2.29. The molecule has 0 bridgehead atoms. The summed E-state index contributed by atoms with van der Waals surface area (Å²) in [5.74, 6) is 0. The van der Waals surface area contributed by atoms with Crippen molar-refractivity contribution in [1.29, 1.82) is 0 Å². The molecule has 0 saturated heterocycles. The molecule has 1 aliphatic rings. The minimum absolute atomic E-state index is 0.0535. The first-order valence-corrected chi connectivity index (χ1v) is 4.04. The van der Waals surface area contributed by atoms with Crippen LogP contribution in [-0.4, -0.2) is 12.4 Å². The van der Waals surface area contributed by atoms with Crippen molar-refractivity contribution >= 4 is 24.0 Å². The van der Waals surface area contributed by atoms with Crippen molar-refractivity contribution < 1.29 is 0 Å². The molecule has 1 heterocycles. The molecule has 0 fully saturated rings. The monoisotopic (exact) mass is 178 g/mol. The van der Waals surface area contributed by atoms with Gasteiger partial charge in [0.1, 0.15) is 0 Å². The second-order valence-corrected chi connectivity index (χ2v) is 2.96. The van der Waals surface area contributed by atoms with E-state index in [0.29, 0.717) is 0 Å². The van der Waals surface area contributed by atoms with E-state index >= 15 is 0 Å². The third kappa shape index (κ3) is 1.38. The summed E-state index contributed by atoms with van der Waals surface area (Å²) in [5, 5.41) is 0.740. The maximum atomic E-state index is 5.74. The summed E-state index contributed by atoms with van der Waals surface area (Å²) >= 11 is 5.74. The van der Waals surface area contributed by atoms with Crippen molar-refractivity contribution in [2.75, 3.05) is 0 Å². The minimum atomic E-state index is -0.0535. The normalized spacial score (nSPS) is 15.8. The lowest BCUT2D eigenvalue weighted by molar-refractivity contribution is 0.802. The van der Waals surface area contributed by atoms with Crippen molar-refractivity contribution in [2.45, 2.75) is 6.17 Å². The molecule has 1 aromatic carbocycles. The predicted molar refractivity (Wildman–Crippen MR) is 51.2 cm³/mol. The Morgan fingerprint density at radius 2 is 1.58 bits per heavy atom. The van der Waals surface area contributed by atoms with Gasteiger partial charge in [0.15, 0.2) is 6.17 Å². The molecule has 0 radical (unpaired) electrons. The van der Waals surface area contributed by atoms with Crippen LogP contribution < -0.4 is 0 Å². The fraction of sp³-hybridized carbons (Fsp3) is 0.111. The van der Waals surface area contributed by atoms with Gasteiger partial charge in [-0.2, -0.15) is 0 Å². The summed E-state index contributed by atoms with van der Waals surface area (Å²) in [6.07, 6.45) is 3.36. The van der Waals surface area contributed by atoms with Gasteiger partial charge in [0.05, 0.1) is 0 Å². The first-order valence-electron chi connectivity index (χ1n) is 3.67. The zero-order chi connectivity index (χ0) is 8.39. The molecular formula is C9H7ClN2. The van der Waals surface area contributed by atoms with Crippen LogP contribution in [0.3, 0.4) is 0 Å². The van der Waals surface area contributed by atoms with Crippen molar-refractivity contribution in [3.05, 3.63) is 34.9 Å². The van der Waals surface area contributed by atoms with E-state index in [4.69, 9.17) is 11.6 Å². The fourth-order valence-corrected chi connectivity index (χ4v) is 1.21. The summed E-state index contributed by atoms with van der Waals surface area (Å²) in [6.45, 7) is 0. The Kier molecular flexibility index (Phi) is 1.92. The summed E-state index contributed by atoms with van der Waals surface area (Å²) in [7, 11) is 0. The third-order valence-electron chi connectivity index (χ3n) is 1.69. The van der Waals surface area contributed by atoms with Gasteiger partial charge in [-0.05, 0) is 17.7 Å². The molecule has 0 amide bonds. The van der Waals surface area contributed by atoms with E-state index in [1.807, 2.05) is 24.3 Å². The molecule has 2 rings (SSSR count). The zero-order valence-electron chi connectivity index (χ0n) is 6.31. The van der Waals surface area contributed by atoms with E-state index < -0.39 is 0 Å². The standard InChI is InChI=1S/C9H7ClN2/c10-8-3-1-7(2-4-8)9-11-5-6-12-9/h1-6,9H. The molecule has 12 heavy (non-hydrogen) atoms. The van der Waals surface area contributed by atoms with Crippen LogP contribution in [0.4, 0.5) is 0 Å². The van der Waals surface area contributed by atoms with Crippen LogP contribution >= 0.6 is 11.6 Å². The lowest BCUT2D eigenvalue weighted by Crippen LogP contribution is -1.86. The quantitative estimate of drug-likeness (QED) is 0.631. The molecule has 0 spiro atoms. The maximum Gasteiger partial charge on any atom is 0.165 e. The van der Waals surface area contributed by atoms with E-state index in [2.05, 4.69) is 9.98 Å². The number of benzene rings is 1. The Morgan fingerprint density at radius 1 is 1.00 bits per heavy atom. The summed E-state index contributed by atoms with van der Waals surface area (Å²) < 4.78 is 0. The van der Waals surface area contributed by atoms with Crippen LogP contribution in [0.15, 0.2) is 34.3 Å². The molecule has 0 unspecified atom stereocenters. The van der Waals surface area contributed by atoms with Gasteiger partial charge in [-0.15, -0.1) is 0 Å². The molecule has 0 aromatic heterocycles. The Labute approximate surface area is 75.6 Å². The Morgan fingerprint density at radius 3 is 2.17 bits per heavy atom. The second-order valence-electron chi connectivity index (χ2n) is 2.52. The molecule has 2 nitrogen and oxygen atoms in total. The second kappa shape index (κ2) is 3.07. The first kappa shape index (κ1) is 7.50. The Hall–Kier alpha value is -1.15. The van der Waals surface area contributed by atoms with Crippen molar-refractivity contribution in [3.8, 4) is 0 Å². The lowest BCUT2D eigenvalue weighted by Gasteiger charge is -2.03. The van der Waals surface area contributed by atoms with Gasteiger partial charge in [-0.3, -0.25) is 9.98 Å². The Bertz CT molecular complexity index is 315. The van der Waals surface area contributed by atoms with Gasteiger partial charge in [-0.25, -0.2) is 0 Å². The van der Waals surface area contributed by atoms with E-state index in [1.54, 1.807) is 12.4 Å². The van der Waals surface area contributed by atoms with Crippen LogP contribution in [0.2, 0.25) is 5.02 Å². The number of halogens is 1. The average molecular weight is 179 g/mol. The van der Waals surface area contributed by atoms with Gasteiger partial charge in [0.25, 0.3) is 0 Å². The summed E-state index contributed by atoms with van der Waals surface area (Å²) in [5.41, 5.74) is 1.07. The van der Waals surface area contributed by atoms with Crippen LogP contribution in [0.5, 0.6) is 0 Å². The van der Waals surface area contributed by atoms with Crippen molar-refractivity contribution in [3.63, 3.8) is 0 Å². The third-order valence-corrected chi connectivity index (χ3v) is 1.94. The minimum Gasteiger partial charge on any atom is -0.260 e. The zero-order valence-corrected chi connectivity index (χ0v) is 7.07. The molecule has 1 aliphatic heterocycles. The van der Waals surface area contributed by atoms with Crippen LogP contribution in [0.25, 0.3) is 0 Å². The molecule has 0 N–H and O–H groups in total. The fourth-order valence-electron chi connectivity index (χ4n) is 1.09. The highest BCUT2D eigenvalue weighted by molar-refractivity contribution is 6.30. The highest BCUT2D eigenvalue weighted by Gasteiger charge is 2.07. The lowest BCUT2D eigenvalue weighted by atomic mass is 10.2. The SMILES string of the molecule is Clc1ccc(C2N=CC=N2)cc1. The summed E-state index contributed by atoms with van der Waals surface area (Å²) in [4.78, 5) is 8.29. The highest BCUT2D eigenvalue weighted by Crippen LogP contribution is 2.21. The number of hydrogen-bond donors (Lipinski definition) is 0. The molecule has 0 saturated carbocycles. The predicted octanol–water partition coefficient (Wildman–Crippen LogP) is 2.49. The van der Waals surface area contributed by atoms with Gasteiger partial charge >= 0.3 is 0 Å². The van der Waals surface area contributed by atoms with E-state index in [-0.39, 0.29) is 6.17 Å². The molecule has 60 valence electrons. The maximum absolute atomic E-state index is 5.74. The molecule has 0 aliphatic carbocycles. The van der Waals surface area contributed by atoms with Crippen LogP contribution in [0, 0.1) is 0 Å². The number of aliphatic imine (C=N–C) groups is 2. The molecule has 1 aromatic rings. The highest BCUT2D eigenvalue weighted by atomic mass is 35.5. The number of nitrogens with zero attached hydrogens (tertiary/aromatic N) is 2. The van der Waals surface area contributed by atoms with E-state index in [1.165, 1.54) is 0 Å². The van der Waals surface area contributed by atoms with E-state index in [9.17, 15) is 0 Å². The first-order chi connectivity index (χ1) is 5.86. The van der Waals surface area contributed by atoms with Gasteiger partial charge in [-0.1, -0.05) is 23.7 Å². The molecule has 3 heteroatoms. The smallest absolute Gasteiger partial charge is 0.165 e. The van der Waals surface area contributed by atoms with Gasteiger partial charge in [0, 0.05) is 17.5 Å².